The van der Waals surface area contributed by atoms with Crippen LogP contribution in [0.2, 0.25) is 10.0 Å². The number of halogens is 3. The average molecular weight is 508 g/mol. The molecule has 1 aromatic heterocycles. The van der Waals surface area contributed by atoms with Gasteiger partial charge in [0.15, 0.2) is 5.78 Å². The van der Waals surface area contributed by atoms with E-state index in [-0.39, 0.29) is 32.8 Å². The number of rotatable bonds is 7. The van der Waals surface area contributed by atoms with Crippen LogP contribution in [-0.4, -0.2) is 28.7 Å². The van der Waals surface area contributed by atoms with E-state index in [2.05, 4.69) is 15.6 Å². The number of pyridine rings is 1. The predicted octanol–water partition coefficient (Wildman–Crippen LogP) is 3.48. The molecular weight excluding hydrogens is 489 g/mol. The number of Topliss-reactive ketones (excluding diaryl/α,β-unsaturated/α-hetero) is 1. The summed E-state index contributed by atoms with van der Waals surface area (Å²) in [5, 5.41) is 17.8. The average Bonchev–Trinajstić information content (AvgIpc) is 3.29. The Balaban J connectivity index is 1.44. The molecule has 0 saturated heterocycles. The number of ketones is 1. The Morgan fingerprint density at radius 1 is 1.06 bits per heavy atom. The summed E-state index contributed by atoms with van der Waals surface area (Å²) >= 11 is 18.1. The molecule has 172 valence electrons. The van der Waals surface area contributed by atoms with Crippen molar-refractivity contribution < 1.29 is 19.5 Å². The first-order chi connectivity index (χ1) is 15.7. The number of benzene rings is 1. The number of carboxylic acids is 1. The van der Waals surface area contributed by atoms with Crippen molar-refractivity contribution in [2.24, 2.45) is 5.41 Å². The minimum absolute atomic E-state index is 0.0784. The van der Waals surface area contributed by atoms with Gasteiger partial charge in [-0.05, 0) is 37.0 Å². The van der Waals surface area contributed by atoms with Crippen molar-refractivity contribution in [3.63, 3.8) is 0 Å². The van der Waals surface area contributed by atoms with Gasteiger partial charge >= 0.3 is 0 Å². The van der Waals surface area contributed by atoms with Gasteiger partial charge in [0.05, 0.1) is 33.0 Å². The highest BCUT2D eigenvalue weighted by molar-refractivity contribution is 6.47. The zero-order valence-corrected chi connectivity index (χ0v) is 19.6. The third kappa shape index (κ3) is 4.45. The molecule has 2 aliphatic rings. The second-order valence-corrected chi connectivity index (χ2v) is 9.35. The van der Waals surface area contributed by atoms with Crippen molar-refractivity contribution in [1.29, 1.82) is 0 Å². The van der Waals surface area contributed by atoms with Crippen LogP contribution in [0.3, 0.4) is 0 Å². The van der Waals surface area contributed by atoms with Crippen LogP contribution in [0.15, 0.2) is 47.4 Å². The molecule has 1 aromatic carbocycles. The van der Waals surface area contributed by atoms with E-state index in [0.29, 0.717) is 29.8 Å². The number of hydrogen-bond acceptors (Lipinski definition) is 6. The number of aromatic nitrogens is 1. The van der Waals surface area contributed by atoms with Crippen molar-refractivity contribution in [1.82, 2.24) is 10.3 Å². The van der Waals surface area contributed by atoms with Gasteiger partial charge in [0.1, 0.15) is 5.03 Å². The minimum atomic E-state index is -1.29. The molecule has 2 aromatic rings. The maximum Gasteiger partial charge on any atom is 0.258 e. The summed E-state index contributed by atoms with van der Waals surface area (Å²) in [6.07, 6.45) is 5.90. The number of amides is 1. The van der Waals surface area contributed by atoms with Gasteiger partial charge in [0, 0.05) is 23.8 Å². The summed E-state index contributed by atoms with van der Waals surface area (Å²) in [5.41, 5.74) is 1.12. The highest BCUT2D eigenvalue weighted by atomic mass is 35.5. The number of carbonyl (C=O) groups excluding carboxylic acids is 3. The van der Waals surface area contributed by atoms with Crippen LogP contribution in [0.1, 0.15) is 41.6 Å². The number of nitrogens with zero attached hydrogens (tertiary/aromatic N) is 1. The summed E-state index contributed by atoms with van der Waals surface area (Å²) < 4.78 is 0. The number of hydrogen-bond donors (Lipinski definition) is 2. The van der Waals surface area contributed by atoms with Gasteiger partial charge in [-0.15, -0.1) is 0 Å². The molecule has 4 rings (SSSR count). The Bertz CT molecular complexity index is 1140. The molecule has 0 unspecified atom stereocenters. The number of carboxylic acid groups (broad SMARTS) is 1. The van der Waals surface area contributed by atoms with Crippen LogP contribution < -0.4 is 15.7 Å². The van der Waals surface area contributed by atoms with Crippen LogP contribution in [-0.2, 0) is 16.0 Å². The van der Waals surface area contributed by atoms with Crippen LogP contribution in [0.5, 0.6) is 0 Å². The highest BCUT2D eigenvalue weighted by Gasteiger charge is 2.55. The molecule has 1 heterocycles. The van der Waals surface area contributed by atoms with Crippen molar-refractivity contribution in [2.75, 3.05) is 5.32 Å². The fraction of sp³-hybridized carbons (Fsp3) is 0.304. The van der Waals surface area contributed by atoms with E-state index in [9.17, 15) is 19.5 Å². The number of aliphatic carboxylic acids is 1. The topological polar surface area (TPSA) is 111 Å². The van der Waals surface area contributed by atoms with Crippen molar-refractivity contribution in [2.45, 2.75) is 38.1 Å². The lowest BCUT2D eigenvalue weighted by Crippen LogP contribution is -2.54. The molecule has 1 amide bonds. The molecule has 7 nitrogen and oxygen atoms in total. The smallest absolute Gasteiger partial charge is 0.258 e. The number of nitrogens with one attached hydrogen (secondary N) is 2. The lowest BCUT2D eigenvalue weighted by Gasteiger charge is -2.41. The van der Waals surface area contributed by atoms with Crippen LogP contribution in [0.25, 0.3) is 0 Å². The first-order valence-corrected chi connectivity index (χ1v) is 11.5. The lowest BCUT2D eigenvalue weighted by molar-refractivity contribution is -0.308. The maximum atomic E-state index is 12.5. The molecule has 0 bridgehead atoms. The summed E-state index contributed by atoms with van der Waals surface area (Å²) in [6.45, 7) is 0. The number of carbonyl (C=O) groups is 3. The Kier molecular flexibility index (Phi) is 6.66. The zero-order chi connectivity index (χ0) is 23.8. The van der Waals surface area contributed by atoms with E-state index in [0.717, 1.165) is 12.8 Å². The predicted molar refractivity (Wildman–Crippen MR) is 123 cm³/mol. The molecule has 0 aliphatic heterocycles. The van der Waals surface area contributed by atoms with E-state index >= 15 is 0 Å². The summed E-state index contributed by atoms with van der Waals surface area (Å²) in [7, 11) is 0. The fourth-order valence-corrected chi connectivity index (χ4v) is 5.34. The summed E-state index contributed by atoms with van der Waals surface area (Å²) in [5.74, 6) is -1.90. The van der Waals surface area contributed by atoms with E-state index < -0.39 is 23.3 Å². The Morgan fingerprint density at radius 2 is 1.67 bits per heavy atom. The maximum absolute atomic E-state index is 12.5. The van der Waals surface area contributed by atoms with Crippen molar-refractivity contribution in [3.05, 3.63) is 68.6 Å². The van der Waals surface area contributed by atoms with Gasteiger partial charge in [-0.3, -0.25) is 14.6 Å². The Hall–Kier alpha value is -2.61. The molecule has 2 N–H and O–H groups in total. The molecule has 1 saturated carbocycles. The van der Waals surface area contributed by atoms with Crippen LogP contribution in [0.4, 0.5) is 5.69 Å². The van der Waals surface area contributed by atoms with Crippen molar-refractivity contribution >= 4 is 58.1 Å². The number of anilines is 1. The second-order valence-electron chi connectivity index (χ2n) is 8.16. The third-order valence-corrected chi connectivity index (χ3v) is 7.06. The van der Waals surface area contributed by atoms with Gasteiger partial charge in [-0.1, -0.05) is 59.8 Å². The molecule has 33 heavy (non-hydrogen) atoms. The molecule has 1 fully saturated rings. The largest absolute Gasteiger partial charge is 0.548 e. The SMILES string of the molecule is O=C(Nc1ccc(C[C@H](NC2=C(Cl)C(=O)C23CCCC3)C(=O)[O-])cc1)c1c(Cl)cncc1Cl. The minimum Gasteiger partial charge on any atom is -0.548 e. The van der Waals surface area contributed by atoms with E-state index in [1.165, 1.54) is 12.4 Å². The first kappa shape index (κ1) is 23.5. The van der Waals surface area contributed by atoms with Crippen LogP contribution >= 0.6 is 34.8 Å². The summed E-state index contributed by atoms with van der Waals surface area (Å²) in [6, 6.07) is 5.60. The second kappa shape index (κ2) is 9.33. The molecule has 1 atom stereocenters. The quantitative estimate of drug-likeness (QED) is 0.593. The molecular formula is C23H19Cl3N3O4-. The Labute approximate surface area is 205 Å². The van der Waals surface area contributed by atoms with E-state index in [1.807, 2.05) is 0 Å². The monoisotopic (exact) mass is 506 g/mol. The molecule has 1 spiro atoms. The van der Waals surface area contributed by atoms with Gasteiger partial charge in [0.25, 0.3) is 5.91 Å². The first-order valence-electron chi connectivity index (χ1n) is 10.3. The fourth-order valence-electron chi connectivity index (χ4n) is 4.39. The molecule has 10 heteroatoms. The van der Waals surface area contributed by atoms with Gasteiger partial charge in [-0.2, -0.15) is 0 Å². The van der Waals surface area contributed by atoms with Crippen molar-refractivity contribution in [3.8, 4) is 0 Å². The van der Waals surface area contributed by atoms with Gasteiger partial charge in [-0.25, -0.2) is 0 Å². The van der Waals surface area contributed by atoms with Gasteiger partial charge in [0.2, 0.25) is 0 Å². The normalized spacial score (nSPS) is 17.6. The van der Waals surface area contributed by atoms with Crippen LogP contribution in [0, 0.1) is 5.41 Å². The molecule has 2 aliphatic carbocycles. The lowest BCUT2D eigenvalue weighted by atomic mass is 9.69. The summed E-state index contributed by atoms with van der Waals surface area (Å²) in [4.78, 5) is 40.4. The number of allylic oxidation sites excluding steroid dienone is 2. The van der Waals surface area contributed by atoms with E-state index in [4.69, 9.17) is 34.8 Å². The Morgan fingerprint density at radius 3 is 2.24 bits per heavy atom. The van der Waals surface area contributed by atoms with E-state index in [1.54, 1.807) is 24.3 Å². The third-order valence-electron chi connectivity index (χ3n) is 6.12. The highest BCUT2D eigenvalue weighted by Crippen LogP contribution is 2.54. The standard InChI is InChI=1S/C23H20Cl3N3O4/c24-14-10-27-11-15(25)17(14)21(31)28-13-5-3-12(4-6-13)9-16(22(32)33)29-19-18(26)20(30)23(19)7-1-2-8-23/h3-6,10-11,16,29H,1-2,7-9H2,(H,28,31)(H,32,33)/p-1/t16-/m0/s1. The van der Waals surface area contributed by atoms with Gasteiger partial charge < -0.3 is 20.5 Å². The zero-order valence-electron chi connectivity index (χ0n) is 17.3. The molecule has 0 radical (unpaired) electrons.